The first-order valence-corrected chi connectivity index (χ1v) is 10.4. The van der Waals surface area contributed by atoms with Crippen LogP contribution in [0.4, 0.5) is 4.79 Å². The molecule has 2 fully saturated rings. The van der Waals surface area contributed by atoms with Crippen molar-refractivity contribution in [1.82, 2.24) is 9.80 Å². The van der Waals surface area contributed by atoms with Crippen molar-refractivity contribution in [2.45, 2.75) is 44.8 Å². The minimum absolute atomic E-state index is 0.0759. The Labute approximate surface area is 176 Å². The standard InChI is InChI=1S/C22H30N2O6/c1-4-10-29-21(27)19-16(12-17-18(14(3)25)20(26)24(17)19)7-6-15-8-9-23(13-15)22(28)30-11-5-2/h4-5,14-15,17-18,25H,1-2,6-13H2,3H3/t14-,15?,17-,18-/m1/s1. The van der Waals surface area contributed by atoms with Crippen LogP contribution in [0.2, 0.25) is 0 Å². The Balaban J connectivity index is 1.64. The van der Waals surface area contributed by atoms with Crippen LogP contribution < -0.4 is 0 Å². The van der Waals surface area contributed by atoms with Gasteiger partial charge in [0.05, 0.1) is 18.1 Å². The van der Waals surface area contributed by atoms with Gasteiger partial charge in [-0.1, -0.05) is 25.3 Å². The summed E-state index contributed by atoms with van der Waals surface area (Å²) in [6.07, 6.45) is 4.82. The molecule has 3 aliphatic rings. The number of fused-ring (bicyclic) bond motifs is 1. The van der Waals surface area contributed by atoms with Gasteiger partial charge in [-0.05, 0) is 44.1 Å². The number of carbonyl (C=O) groups excluding carboxylic acids is 3. The maximum atomic E-state index is 12.6. The number of likely N-dealkylation sites (tertiary alicyclic amines) is 1. The van der Waals surface area contributed by atoms with Crippen LogP contribution in [0.3, 0.4) is 0 Å². The fraction of sp³-hybridized carbons (Fsp3) is 0.591. The Kier molecular flexibility index (Phi) is 6.97. The predicted molar refractivity (Wildman–Crippen MR) is 109 cm³/mol. The van der Waals surface area contributed by atoms with Gasteiger partial charge in [-0.15, -0.1) is 0 Å². The Hall–Kier alpha value is -2.61. The summed E-state index contributed by atoms with van der Waals surface area (Å²) in [6.45, 7) is 10.2. The van der Waals surface area contributed by atoms with Crippen LogP contribution in [0.1, 0.15) is 32.6 Å². The van der Waals surface area contributed by atoms with Crippen molar-refractivity contribution in [1.29, 1.82) is 0 Å². The molecular formula is C22H30N2O6. The third kappa shape index (κ3) is 4.28. The van der Waals surface area contributed by atoms with E-state index in [1.54, 1.807) is 11.8 Å². The van der Waals surface area contributed by atoms with Gasteiger partial charge in [0.1, 0.15) is 18.9 Å². The summed E-state index contributed by atoms with van der Waals surface area (Å²) in [4.78, 5) is 40.3. The fourth-order valence-corrected chi connectivity index (χ4v) is 4.61. The number of aliphatic hydroxyl groups excluding tert-OH is 1. The van der Waals surface area contributed by atoms with E-state index in [4.69, 9.17) is 9.47 Å². The van der Waals surface area contributed by atoms with Gasteiger partial charge < -0.3 is 24.4 Å². The van der Waals surface area contributed by atoms with Gasteiger partial charge in [0.25, 0.3) is 0 Å². The number of hydrogen-bond acceptors (Lipinski definition) is 6. The molecule has 30 heavy (non-hydrogen) atoms. The van der Waals surface area contributed by atoms with Gasteiger partial charge >= 0.3 is 12.1 Å². The first kappa shape index (κ1) is 22.1. The molecule has 0 radical (unpaired) electrons. The molecule has 0 aromatic carbocycles. The molecule has 1 N–H and O–H groups in total. The molecule has 2 amide bonds. The molecule has 3 aliphatic heterocycles. The van der Waals surface area contributed by atoms with Crippen molar-refractivity contribution < 1.29 is 29.0 Å². The third-order valence-corrected chi connectivity index (χ3v) is 6.07. The van der Waals surface area contributed by atoms with Crippen molar-refractivity contribution in [2.75, 3.05) is 26.3 Å². The molecule has 0 spiro atoms. The highest BCUT2D eigenvalue weighted by atomic mass is 16.6. The summed E-state index contributed by atoms with van der Waals surface area (Å²) < 4.78 is 10.3. The van der Waals surface area contributed by atoms with E-state index in [1.807, 2.05) is 0 Å². The summed E-state index contributed by atoms with van der Waals surface area (Å²) >= 11 is 0. The van der Waals surface area contributed by atoms with E-state index in [2.05, 4.69) is 13.2 Å². The Morgan fingerprint density at radius 3 is 2.63 bits per heavy atom. The summed E-state index contributed by atoms with van der Waals surface area (Å²) in [5, 5.41) is 9.94. The van der Waals surface area contributed by atoms with E-state index in [-0.39, 0.29) is 31.3 Å². The normalized spacial score (nSPS) is 26.2. The van der Waals surface area contributed by atoms with E-state index in [1.165, 1.54) is 17.1 Å². The van der Waals surface area contributed by atoms with E-state index in [9.17, 15) is 19.5 Å². The number of rotatable bonds is 9. The SMILES string of the molecule is C=CCOC(=O)C1=C(CCC2CCN(C(=O)OCC=C)C2)C[C@@H]2[C@@H]([C@@H](C)O)C(=O)N12. The molecular weight excluding hydrogens is 388 g/mol. The van der Waals surface area contributed by atoms with E-state index >= 15 is 0 Å². The molecule has 3 rings (SSSR count). The van der Waals surface area contributed by atoms with Gasteiger partial charge in [0.2, 0.25) is 5.91 Å². The largest absolute Gasteiger partial charge is 0.457 e. The summed E-state index contributed by atoms with van der Waals surface area (Å²) in [5.74, 6) is -0.930. The van der Waals surface area contributed by atoms with Gasteiger partial charge in [-0.2, -0.15) is 0 Å². The number of nitrogens with zero attached hydrogens (tertiary/aromatic N) is 2. The number of carbonyl (C=O) groups is 3. The average Bonchev–Trinajstić information content (AvgIpc) is 3.31. The zero-order valence-electron chi connectivity index (χ0n) is 17.4. The first-order valence-electron chi connectivity index (χ1n) is 10.4. The zero-order valence-corrected chi connectivity index (χ0v) is 17.4. The maximum absolute atomic E-state index is 12.6. The topological polar surface area (TPSA) is 96.4 Å². The minimum Gasteiger partial charge on any atom is -0.457 e. The molecule has 1 unspecified atom stereocenters. The number of esters is 1. The van der Waals surface area contributed by atoms with Crippen molar-refractivity contribution in [3.63, 3.8) is 0 Å². The van der Waals surface area contributed by atoms with Crippen molar-refractivity contribution in [3.05, 3.63) is 36.6 Å². The maximum Gasteiger partial charge on any atom is 0.410 e. The fourth-order valence-electron chi connectivity index (χ4n) is 4.61. The van der Waals surface area contributed by atoms with E-state index in [0.717, 1.165) is 18.4 Å². The third-order valence-electron chi connectivity index (χ3n) is 6.07. The predicted octanol–water partition coefficient (Wildman–Crippen LogP) is 2.01. The van der Waals surface area contributed by atoms with Crippen molar-refractivity contribution in [2.24, 2.45) is 11.8 Å². The summed E-state index contributed by atoms with van der Waals surface area (Å²) in [7, 11) is 0. The minimum atomic E-state index is -0.756. The number of ether oxygens (including phenoxy) is 2. The van der Waals surface area contributed by atoms with Gasteiger partial charge in [0, 0.05) is 13.1 Å². The van der Waals surface area contributed by atoms with Crippen LogP contribution in [0.25, 0.3) is 0 Å². The average molecular weight is 418 g/mol. The van der Waals surface area contributed by atoms with Crippen LogP contribution in [0.5, 0.6) is 0 Å². The lowest BCUT2D eigenvalue weighted by molar-refractivity contribution is -0.162. The summed E-state index contributed by atoms with van der Waals surface area (Å²) in [6, 6.07) is -0.187. The van der Waals surface area contributed by atoms with Crippen LogP contribution in [0, 0.1) is 11.8 Å². The molecule has 0 aromatic heterocycles. The van der Waals surface area contributed by atoms with E-state index in [0.29, 0.717) is 37.5 Å². The lowest BCUT2D eigenvalue weighted by Crippen LogP contribution is -2.61. The van der Waals surface area contributed by atoms with Gasteiger partial charge in [-0.25, -0.2) is 9.59 Å². The van der Waals surface area contributed by atoms with E-state index < -0.39 is 18.0 Å². The second-order valence-electron chi connectivity index (χ2n) is 8.09. The van der Waals surface area contributed by atoms with Gasteiger partial charge in [-0.3, -0.25) is 4.79 Å². The molecule has 2 saturated heterocycles. The van der Waals surface area contributed by atoms with Crippen LogP contribution >= 0.6 is 0 Å². The van der Waals surface area contributed by atoms with Crippen molar-refractivity contribution in [3.8, 4) is 0 Å². The molecule has 8 nitrogen and oxygen atoms in total. The second kappa shape index (κ2) is 9.47. The molecule has 0 bridgehead atoms. The number of aliphatic hydroxyl groups is 1. The Morgan fingerprint density at radius 1 is 1.27 bits per heavy atom. The quantitative estimate of drug-likeness (QED) is 0.350. The molecule has 0 aliphatic carbocycles. The first-order chi connectivity index (χ1) is 14.4. The molecule has 3 heterocycles. The van der Waals surface area contributed by atoms with Gasteiger partial charge in [0.15, 0.2) is 0 Å². The molecule has 4 atom stereocenters. The number of amides is 2. The highest BCUT2D eigenvalue weighted by molar-refractivity contribution is 6.00. The van der Waals surface area contributed by atoms with Crippen LogP contribution in [0.15, 0.2) is 36.6 Å². The zero-order chi connectivity index (χ0) is 21.8. The number of β-lactam (4-membered cyclic amide) rings is 1. The second-order valence-corrected chi connectivity index (χ2v) is 8.09. The van der Waals surface area contributed by atoms with Crippen LogP contribution in [-0.2, 0) is 19.1 Å². The van der Waals surface area contributed by atoms with Crippen LogP contribution in [-0.4, -0.2) is 71.3 Å². The monoisotopic (exact) mass is 418 g/mol. The molecule has 0 aromatic rings. The molecule has 164 valence electrons. The smallest absolute Gasteiger partial charge is 0.410 e. The Morgan fingerprint density at radius 2 is 1.97 bits per heavy atom. The highest BCUT2D eigenvalue weighted by Gasteiger charge is 2.56. The lowest BCUT2D eigenvalue weighted by atomic mass is 9.82. The molecule has 0 saturated carbocycles. The molecule has 8 heteroatoms. The van der Waals surface area contributed by atoms with Crippen molar-refractivity contribution >= 4 is 18.0 Å². The summed E-state index contributed by atoms with van der Waals surface area (Å²) in [5.41, 5.74) is 1.21. The Bertz CT molecular complexity index is 759. The number of hydrogen-bond donors (Lipinski definition) is 1. The lowest BCUT2D eigenvalue weighted by Gasteiger charge is -2.44. The highest BCUT2D eigenvalue weighted by Crippen LogP contribution is 2.45.